The van der Waals surface area contributed by atoms with Crippen LogP contribution in [0.4, 0.5) is 0 Å². The maximum absolute atomic E-state index is 13.1. The van der Waals surface area contributed by atoms with Crippen molar-refractivity contribution in [1.82, 2.24) is 9.80 Å². The molecule has 5 rings (SSSR count). The molecular weight excluding hydrogens is 388 g/mol. The lowest BCUT2D eigenvalue weighted by atomic mass is 9.87. The number of carbonyl (C=O) groups excluding carboxylic acids is 1. The molecule has 1 aromatic heterocycles. The minimum Gasteiger partial charge on any atom is -0.336 e. The predicted octanol–water partition coefficient (Wildman–Crippen LogP) is 5.24. The summed E-state index contributed by atoms with van der Waals surface area (Å²) in [4.78, 5) is 18.7. The lowest BCUT2D eigenvalue weighted by molar-refractivity contribution is 0.0774. The van der Waals surface area contributed by atoms with E-state index in [2.05, 4.69) is 70.5 Å². The molecule has 1 amide bonds. The van der Waals surface area contributed by atoms with Crippen LogP contribution in [-0.2, 0) is 0 Å². The Morgan fingerprint density at radius 1 is 0.800 bits per heavy atom. The van der Waals surface area contributed by atoms with E-state index in [1.807, 2.05) is 17.5 Å². The highest BCUT2D eigenvalue weighted by atomic mass is 32.1. The quantitative estimate of drug-likeness (QED) is 0.581. The van der Waals surface area contributed by atoms with E-state index < -0.39 is 0 Å². The zero-order valence-corrected chi connectivity index (χ0v) is 18.0. The summed E-state index contributed by atoms with van der Waals surface area (Å²) in [6.45, 7) is 3.85. The first-order valence-corrected chi connectivity index (χ1v) is 11.8. The Bertz CT molecular complexity index is 949. The van der Waals surface area contributed by atoms with Crippen molar-refractivity contribution in [1.29, 1.82) is 0 Å². The van der Waals surface area contributed by atoms with Crippen LogP contribution in [0.2, 0.25) is 0 Å². The lowest BCUT2D eigenvalue weighted by Gasteiger charge is -2.38. The van der Waals surface area contributed by atoms with E-state index >= 15 is 0 Å². The topological polar surface area (TPSA) is 23.6 Å². The van der Waals surface area contributed by atoms with Gasteiger partial charge in [0.25, 0.3) is 5.91 Å². The van der Waals surface area contributed by atoms with Gasteiger partial charge in [-0.25, -0.2) is 0 Å². The van der Waals surface area contributed by atoms with E-state index in [4.69, 9.17) is 0 Å². The number of piperidine rings is 1. The van der Waals surface area contributed by atoms with Gasteiger partial charge in [-0.05, 0) is 54.4 Å². The summed E-state index contributed by atoms with van der Waals surface area (Å²) in [5.74, 6) is 1.22. The van der Waals surface area contributed by atoms with Crippen LogP contribution in [0.3, 0.4) is 0 Å². The summed E-state index contributed by atoms with van der Waals surface area (Å²) < 4.78 is 0. The van der Waals surface area contributed by atoms with Gasteiger partial charge in [0, 0.05) is 25.0 Å². The highest BCUT2D eigenvalue weighted by Crippen LogP contribution is 2.36. The fourth-order valence-electron chi connectivity index (χ4n) is 5.20. The molecule has 2 aliphatic heterocycles. The SMILES string of the molecule is O=C(c1cccs1)N1C[C@H](c2ccccc2)[C@@H](N2CCC(c3ccccc3)CC2)C1. The maximum Gasteiger partial charge on any atom is 0.263 e. The molecule has 2 aromatic carbocycles. The molecule has 0 aliphatic carbocycles. The average molecular weight is 417 g/mol. The van der Waals surface area contributed by atoms with Gasteiger partial charge in [0.15, 0.2) is 0 Å². The Morgan fingerprint density at radius 2 is 1.47 bits per heavy atom. The molecule has 0 radical (unpaired) electrons. The second-order valence-corrected chi connectivity index (χ2v) is 9.44. The number of benzene rings is 2. The Balaban J connectivity index is 1.33. The minimum absolute atomic E-state index is 0.188. The number of likely N-dealkylation sites (tertiary alicyclic amines) is 2. The second kappa shape index (κ2) is 8.75. The molecule has 3 aromatic rings. The number of carbonyl (C=O) groups is 1. The largest absolute Gasteiger partial charge is 0.336 e. The third-order valence-corrected chi connectivity index (χ3v) is 7.66. The van der Waals surface area contributed by atoms with Crippen LogP contribution >= 0.6 is 11.3 Å². The first-order chi connectivity index (χ1) is 14.8. The van der Waals surface area contributed by atoms with Crippen molar-refractivity contribution in [2.24, 2.45) is 0 Å². The van der Waals surface area contributed by atoms with Crippen LogP contribution < -0.4 is 0 Å². The number of rotatable bonds is 4. The maximum atomic E-state index is 13.1. The molecule has 0 unspecified atom stereocenters. The van der Waals surface area contributed by atoms with Gasteiger partial charge in [-0.2, -0.15) is 0 Å². The Kier molecular flexibility index (Phi) is 5.69. The fourth-order valence-corrected chi connectivity index (χ4v) is 5.89. The molecule has 2 fully saturated rings. The number of hydrogen-bond donors (Lipinski definition) is 0. The first kappa shape index (κ1) is 19.5. The van der Waals surface area contributed by atoms with Crippen LogP contribution in [0.15, 0.2) is 78.2 Å². The zero-order valence-electron chi connectivity index (χ0n) is 17.2. The molecule has 0 bridgehead atoms. The molecule has 0 spiro atoms. The lowest BCUT2D eigenvalue weighted by Crippen LogP contribution is -2.45. The standard InChI is InChI=1S/C26H28N2OS/c29-26(25-12-7-17-30-25)28-18-23(22-10-5-2-6-11-22)24(19-28)27-15-13-21(14-16-27)20-8-3-1-4-9-20/h1-12,17,21,23-24H,13-16,18-19H2/t23-,24+/m1/s1. The number of amides is 1. The zero-order chi connectivity index (χ0) is 20.3. The van der Waals surface area contributed by atoms with Crippen molar-refractivity contribution in [2.45, 2.75) is 30.7 Å². The van der Waals surface area contributed by atoms with E-state index in [9.17, 15) is 4.79 Å². The van der Waals surface area contributed by atoms with Gasteiger partial charge in [-0.1, -0.05) is 66.7 Å². The van der Waals surface area contributed by atoms with Gasteiger partial charge in [0.05, 0.1) is 4.88 Å². The van der Waals surface area contributed by atoms with Gasteiger partial charge in [0.1, 0.15) is 0 Å². The monoisotopic (exact) mass is 416 g/mol. The molecule has 2 saturated heterocycles. The number of hydrogen-bond acceptors (Lipinski definition) is 3. The fraction of sp³-hybridized carbons (Fsp3) is 0.346. The van der Waals surface area contributed by atoms with Crippen molar-refractivity contribution < 1.29 is 4.79 Å². The Labute approximate surface area is 183 Å². The van der Waals surface area contributed by atoms with Crippen LogP contribution in [0, 0.1) is 0 Å². The molecule has 0 N–H and O–H groups in total. The predicted molar refractivity (Wildman–Crippen MR) is 123 cm³/mol. The molecule has 3 nitrogen and oxygen atoms in total. The smallest absolute Gasteiger partial charge is 0.263 e. The van der Waals surface area contributed by atoms with Crippen molar-refractivity contribution in [3.8, 4) is 0 Å². The van der Waals surface area contributed by atoms with Gasteiger partial charge < -0.3 is 4.90 Å². The van der Waals surface area contributed by atoms with Crippen molar-refractivity contribution in [3.63, 3.8) is 0 Å². The molecule has 3 heterocycles. The van der Waals surface area contributed by atoms with Crippen molar-refractivity contribution in [2.75, 3.05) is 26.2 Å². The Morgan fingerprint density at radius 3 is 2.10 bits per heavy atom. The van der Waals surface area contributed by atoms with Crippen LogP contribution in [0.5, 0.6) is 0 Å². The van der Waals surface area contributed by atoms with E-state index in [0.717, 1.165) is 31.1 Å². The highest BCUT2D eigenvalue weighted by molar-refractivity contribution is 7.12. The van der Waals surface area contributed by atoms with E-state index in [0.29, 0.717) is 17.9 Å². The van der Waals surface area contributed by atoms with Crippen LogP contribution in [0.25, 0.3) is 0 Å². The number of thiophene rings is 1. The average Bonchev–Trinajstić information content (AvgIpc) is 3.51. The van der Waals surface area contributed by atoms with Crippen molar-refractivity contribution in [3.05, 3.63) is 94.2 Å². The molecule has 0 saturated carbocycles. The third kappa shape index (κ3) is 3.94. The van der Waals surface area contributed by atoms with Gasteiger partial charge in [-0.15, -0.1) is 11.3 Å². The van der Waals surface area contributed by atoms with Gasteiger partial charge in [-0.3, -0.25) is 9.69 Å². The van der Waals surface area contributed by atoms with E-state index in [1.54, 1.807) is 11.3 Å². The van der Waals surface area contributed by atoms with E-state index in [1.165, 1.54) is 24.0 Å². The summed E-state index contributed by atoms with van der Waals surface area (Å²) in [6.07, 6.45) is 2.39. The normalized spacial score (nSPS) is 23.0. The molecule has 2 atom stereocenters. The summed E-state index contributed by atoms with van der Waals surface area (Å²) in [5, 5.41) is 1.99. The molecular formula is C26H28N2OS. The molecule has 154 valence electrons. The summed E-state index contributed by atoms with van der Waals surface area (Å²) >= 11 is 1.54. The van der Waals surface area contributed by atoms with Gasteiger partial charge >= 0.3 is 0 Å². The van der Waals surface area contributed by atoms with Crippen LogP contribution in [0.1, 0.15) is 45.5 Å². The molecule has 30 heavy (non-hydrogen) atoms. The first-order valence-electron chi connectivity index (χ1n) is 11.0. The molecule has 2 aliphatic rings. The van der Waals surface area contributed by atoms with Crippen molar-refractivity contribution >= 4 is 17.2 Å². The highest BCUT2D eigenvalue weighted by Gasteiger charge is 2.40. The number of nitrogens with zero attached hydrogens (tertiary/aromatic N) is 2. The summed E-state index contributed by atoms with van der Waals surface area (Å²) in [7, 11) is 0. The summed E-state index contributed by atoms with van der Waals surface area (Å²) in [6, 6.07) is 26.0. The van der Waals surface area contributed by atoms with Crippen LogP contribution in [-0.4, -0.2) is 47.9 Å². The molecule has 4 heteroatoms. The third-order valence-electron chi connectivity index (χ3n) is 6.81. The minimum atomic E-state index is 0.188. The van der Waals surface area contributed by atoms with E-state index in [-0.39, 0.29) is 5.91 Å². The summed E-state index contributed by atoms with van der Waals surface area (Å²) in [5.41, 5.74) is 2.83. The van der Waals surface area contributed by atoms with Gasteiger partial charge in [0.2, 0.25) is 0 Å². The Hall–Kier alpha value is -2.43. The second-order valence-electron chi connectivity index (χ2n) is 8.49.